The molecule has 1 amide bonds. The van der Waals surface area contributed by atoms with Gasteiger partial charge < -0.3 is 10.1 Å². The van der Waals surface area contributed by atoms with Crippen molar-refractivity contribution in [1.82, 2.24) is 9.97 Å². The zero-order chi connectivity index (χ0) is 22.5. The molecule has 4 rings (SSSR count). The molecule has 6 heteroatoms. The van der Waals surface area contributed by atoms with Gasteiger partial charge >= 0.3 is 0 Å². The van der Waals surface area contributed by atoms with Crippen LogP contribution in [0.15, 0.2) is 72.4 Å². The van der Waals surface area contributed by atoms with E-state index in [1.54, 1.807) is 24.6 Å². The Morgan fingerprint density at radius 2 is 1.97 bits per heavy atom. The fourth-order valence-electron chi connectivity index (χ4n) is 3.39. The van der Waals surface area contributed by atoms with Gasteiger partial charge in [0.05, 0.1) is 16.8 Å². The van der Waals surface area contributed by atoms with Crippen molar-refractivity contribution in [3.8, 4) is 11.3 Å². The Balaban J connectivity index is 1.47. The van der Waals surface area contributed by atoms with Gasteiger partial charge in [-0.3, -0.25) is 9.78 Å². The van der Waals surface area contributed by atoms with E-state index in [1.807, 2.05) is 67.7 Å². The SMILES string of the molecule is COC(C)c1ccc(C(=O)Nc2ccc(C)c(Cc3nc(-c4cccnc4)cs3)c2)cc1. The maximum Gasteiger partial charge on any atom is 0.255 e. The Morgan fingerprint density at radius 3 is 2.69 bits per heavy atom. The van der Waals surface area contributed by atoms with Crippen LogP contribution in [0.1, 0.15) is 45.1 Å². The molecule has 2 aromatic carbocycles. The first kappa shape index (κ1) is 21.9. The number of anilines is 1. The number of amides is 1. The van der Waals surface area contributed by atoms with E-state index in [-0.39, 0.29) is 12.0 Å². The second kappa shape index (κ2) is 9.85. The van der Waals surface area contributed by atoms with Crippen LogP contribution in [-0.4, -0.2) is 23.0 Å². The first-order valence-electron chi connectivity index (χ1n) is 10.4. The number of pyridine rings is 1. The highest BCUT2D eigenvalue weighted by atomic mass is 32.1. The predicted molar refractivity (Wildman–Crippen MR) is 129 cm³/mol. The maximum atomic E-state index is 12.7. The molecule has 0 saturated carbocycles. The van der Waals surface area contributed by atoms with E-state index in [4.69, 9.17) is 9.72 Å². The van der Waals surface area contributed by atoms with Gasteiger partial charge in [0, 0.05) is 48.1 Å². The van der Waals surface area contributed by atoms with Gasteiger partial charge in [0.2, 0.25) is 0 Å². The van der Waals surface area contributed by atoms with E-state index in [1.165, 1.54) is 5.56 Å². The standard InChI is InChI=1S/C26H25N3O2S/c1-17-6-11-23(28-26(30)20-9-7-19(8-10-20)18(2)31-3)13-22(17)14-25-29-24(16-32-25)21-5-4-12-27-15-21/h4-13,15-16,18H,14H2,1-3H3,(H,28,30). The summed E-state index contributed by atoms with van der Waals surface area (Å²) in [7, 11) is 1.67. The van der Waals surface area contributed by atoms with Crippen molar-refractivity contribution < 1.29 is 9.53 Å². The number of carbonyl (C=O) groups excluding carboxylic acids is 1. The fourth-order valence-corrected chi connectivity index (χ4v) is 4.21. The van der Waals surface area contributed by atoms with Crippen LogP contribution in [0.25, 0.3) is 11.3 Å². The van der Waals surface area contributed by atoms with E-state index in [2.05, 4.69) is 22.6 Å². The van der Waals surface area contributed by atoms with Crippen molar-refractivity contribution in [2.24, 2.45) is 0 Å². The number of benzene rings is 2. The number of carbonyl (C=O) groups is 1. The molecule has 0 spiro atoms. The molecule has 2 aromatic heterocycles. The Morgan fingerprint density at radius 1 is 1.16 bits per heavy atom. The molecule has 0 aliphatic rings. The minimum atomic E-state index is -0.135. The summed E-state index contributed by atoms with van der Waals surface area (Å²) >= 11 is 1.63. The molecule has 5 nitrogen and oxygen atoms in total. The lowest BCUT2D eigenvalue weighted by Gasteiger charge is -2.12. The van der Waals surface area contributed by atoms with Crippen LogP contribution >= 0.6 is 11.3 Å². The summed E-state index contributed by atoms with van der Waals surface area (Å²) < 4.78 is 5.32. The largest absolute Gasteiger partial charge is 0.377 e. The summed E-state index contributed by atoms with van der Waals surface area (Å²) in [6, 6.07) is 17.4. The molecule has 0 aliphatic heterocycles. The predicted octanol–water partition coefficient (Wildman–Crippen LogP) is 6.06. The van der Waals surface area contributed by atoms with E-state index in [0.717, 1.165) is 33.1 Å². The number of nitrogens with zero attached hydrogens (tertiary/aromatic N) is 2. The van der Waals surface area contributed by atoms with E-state index < -0.39 is 0 Å². The van der Waals surface area contributed by atoms with E-state index >= 15 is 0 Å². The Hall–Kier alpha value is -3.35. The van der Waals surface area contributed by atoms with Crippen molar-refractivity contribution in [1.29, 1.82) is 0 Å². The molecule has 0 bridgehead atoms. The summed E-state index contributed by atoms with van der Waals surface area (Å²) in [5.74, 6) is -0.135. The zero-order valence-electron chi connectivity index (χ0n) is 18.3. The van der Waals surface area contributed by atoms with E-state index in [0.29, 0.717) is 12.0 Å². The smallest absolute Gasteiger partial charge is 0.255 e. The molecule has 1 atom stereocenters. The fraction of sp³-hybridized carbons (Fsp3) is 0.192. The summed E-state index contributed by atoms with van der Waals surface area (Å²) in [6.07, 6.45) is 4.29. The number of ether oxygens (including phenoxy) is 1. The van der Waals surface area contributed by atoms with Gasteiger partial charge in [-0.25, -0.2) is 4.98 Å². The minimum Gasteiger partial charge on any atom is -0.377 e. The number of thiazole rings is 1. The molecule has 162 valence electrons. The van der Waals surface area contributed by atoms with Crippen LogP contribution in [0.4, 0.5) is 5.69 Å². The zero-order valence-corrected chi connectivity index (χ0v) is 19.1. The number of aryl methyl sites for hydroxylation is 1. The lowest BCUT2D eigenvalue weighted by molar-refractivity contribution is 0.102. The molecule has 0 aliphatic carbocycles. The molecule has 0 saturated heterocycles. The van der Waals surface area contributed by atoms with Gasteiger partial charge in [-0.05, 0) is 66.9 Å². The lowest BCUT2D eigenvalue weighted by Crippen LogP contribution is -2.12. The van der Waals surface area contributed by atoms with Crippen LogP contribution in [0.2, 0.25) is 0 Å². The van der Waals surface area contributed by atoms with Crippen molar-refractivity contribution in [3.05, 3.63) is 99.6 Å². The van der Waals surface area contributed by atoms with Gasteiger partial charge in [-0.1, -0.05) is 18.2 Å². The number of rotatable bonds is 7. The average Bonchev–Trinajstić information content (AvgIpc) is 3.30. The van der Waals surface area contributed by atoms with Gasteiger partial charge in [-0.15, -0.1) is 11.3 Å². The number of aromatic nitrogens is 2. The number of hydrogen-bond acceptors (Lipinski definition) is 5. The number of hydrogen-bond donors (Lipinski definition) is 1. The first-order chi connectivity index (χ1) is 15.5. The number of nitrogens with one attached hydrogen (secondary N) is 1. The lowest BCUT2D eigenvalue weighted by atomic mass is 10.0. The molecule has 2 heterocycles. The van der Waals surface area contributed by atoms with Crippen LogP contribution < -0.4 is 5.32 Å². The first-order valence-corrected chi connectivity index (χ1v) is 11.3. The molecule has 4 aromatic rings. The quantitative estimate of drug-likeness (QED) is 0.377. The molecule has 1 N–H and O–H groups in total. The maximum absolute atomic E-state index is 12.7. The van der Waals surface area contributed by atoms with Crippen LogP contribution in [0.3, 0.4) is 0 Å². The van der Waals surface area contributed by atoms with Gasteiger partial charge in [-0.2, -0.15) is 0 Å². The van der Waals surface area contributed by atoms with Crippen molar-refractivity contribution in [3.63, 3.8) is 0 Å². The second-order valence-electron chi connectivity index (χ2n) is 7.64. The molecule has 1 unspecified atom stereocenters. The molecular formula is C26H25N3O2S. The van der Waals surface area contributed by atoms with Crippen molar-refractivity contribution in [2.75, 3.05) is 12.4 Å². The van der Waals surface area contributed by atoms with Gasteiger partial charge in [0.25, 0.3) is 5.91 Å². The van der Waals surface area contributed by atoms with Crippen LogP contribution in [-0.2, 0) is 11.2 Å². The highest BCUT2D eigenvalue weighted by Gasteiger charge is 2.11. The monoisotopic (exact) mass is 443 g/mol. The third-order valence-electron chi connectivity index (χ3n) is 5.45. The summed E-state index contributed by atoms with van der Waals surface area (Å²) in [4.78, 5) is 21.7. The molecular weight excluding hydrogens is 418 g/mol. The third-order valence-corrected chi connectivity index (χ3v) is 6.30. The van der Waals surface area contributed by atoms with Gasteiger partial charge in [0.1, 0.15) is 0 Å². The van der Waals surface area contributed by atoms with Gasteiger partial charge in [0.15, 0.2) is 0 Å². The normalized spacial score (nSPS) is 11.8. The molecule has 32 heavy (non-hydrogen) atoms. The molecule has 0 fully saturated rings. The Bertz CT molecular complexity index is 1200. The summed E-state index contributed by atoms with van der Waals surface area (Å²) in [5, 5.41) is 6.09. The van der Waals surface area contributed by atoms with Crippen molar-refractivity contribution >= 4 is 22.9 Å². The highest BCUT2D eigenvalue weighted by Crippen LogP contribution is 2.25. The third kappa shape index (κ3) is 5.10. The second-order valence-corrected chi connectivity index (χ2v) is 8.58. The molecule has 0 radical (unpaired) electrons. The average molecular weight is 444 g/mol. The van der Waals surface area contributed by atoms with Crippen molar-refractivity contribution in [2.45, 2.75) is 26.4 Å². The van der Waals surface area contributed by atoms with Crippen LogP contribution in [0, 0.1) is 6.92 Å². The number of methoxy groups -OCH3 is 1. The van der Waals surface area contributed by atoms with Crippen LogP contribution in [0.5, 0.6) is 0 Å². The minimum absolute atomic E-state index is 0.00343. The Labute approximate surface area is 192 Å². The Kier molecular flexibility index (Phi) is 6.73. The summed E-state index contributed by atoms with van der Waals surface area (Å²) in [6.45, 7) is 4.05. The summed E-state index contributed by atoms with van der Waals surface area (Å²) in [5.41, 5.74) is 6.67. The van der Waals surface area contributed by atoms with E-state index in [9.17, 15) is 4.79 Å². The highest BCUT2D eigenvalue weighted by molar-refractivity contribution is 7.10. The topological polar surface area (TPSA) is 64.1 Å².